The molecule has 0 radical (unpaired) electrons. The van der Waals surface area contributed by atoms with E-state index in [1.54, 1.807) is 0 Å². The molecule has 0 atom stereocenters. The van der Waals surface area contributed by atoms with Crippen LogP contribution in [0.4, 0.5) is 5.69 Å². The number of hydrogen-bond acceptors (Lipinski definition) is 6. The molecule has 2 aliphatic heterocycles. The van der Waals surface area contributed by atoms with Gasteiger partial charge in [-0.2, -0.15) is 0 Å². The van der Waals surface area contributed by atoms with Gasteiger partial charge >= 0.3 is 0 Å². The number of amides is 1. The van der Waals surface area contributed by atoms with Gasteiger partial charge in [0.15, 0.2) is 9.84 Å². The van der Waals surface area contributed by atoms with Crippen LogP contribution in [0.2, 0.25) is 0 Å². The maximum absolute atomic E-state index is 12.9. The number of furan rings is 1. The summed E-state index contributed by atoms with van der Waals surface area (Å²) in [5, 5.41) is 4.53. The standard InChI is InChI=1S/C32H41N3O4S/c36-32(26-7-11-28(12-8-26)35-19-21-40(37,38)22-20-35)33-27-9-5-24(6-10-27)13-16-34-17-14-25(15-18-34)30-23-39-31-4-2-1-3-29(30)31/h1-4,7-8,11-12,23-25,27H,5-6,9-10,13-22H2,(H,33,36). The van der Waals surface area contributed by atoms with Crippen LogP contribution >= 0.6 is 0 Å². The molecule has 3 heterocycles. The van der Waals surface area contributed by atoms with Crippen molar-refractivity contribution in [2.45, 2.75) is 56.9 Å². The van der Waals surface area contributed by atoms with Gasteiger partial charge in [0.25, 0.3) is 5.91 Å². The quantitative estimate of drug-likeness (QED) is 0.424. The summed E-state index contributed by atoms with van der Waals surface area (Å²) >= 11 is 0. The Labute approximate surface area is 237 Å². The molecule has 8 heteroatoms. The average Bonchev–Trinajstić information content (AvgIpc) is 3.41. The van der Waals surface area contributed by atoms with Crippen molar-refractivity contribution < 1.29 is 17.6 Å². The SMILES string of the molecule is O=C(NC1CCC(CCN2CCC(c3coc4ccccc34)CC2)CC1)c1ccc(N2CCS(=O)(=O)CC2)cc1. The van der Waals surface area contributed by atoms with Gasteiger partial charge in [-0.15, -0.1) is 0 Å². The van der Waals surface area contributed by atoms with Gasteiger partial charge in [-0.25, -0.2) is 8.42 Å². The summed E-state index contributed by atoms with van der Waals surface area (Å²) in [4.78, 5) is 17.6. The number of anilines is 1. The van der Waals surface area contributed by atoms with Gasteiger partial charge in [0.2, 0.25) is 0 Å². The molecule has 40 heavy (non-hydrogen) atoms. The minimum atomic E-state index is -2.90. The summed E-state index contributed by atoms with van der Waals surface area (Å²) in [6.45, 7) is 4.52. The number of likely N-dealkylation sites (tertiary alicyclic amines) is 1. The number of carbonyl (C=O) groups is 1. The Balaban J connectivity index is 0.900. The Morgan fingerprint density at radius 2 is 1.57 bits per heavy atom. The number of hydrogen-bond donors (Lipinski definition) is 1. The second-order valence-corrected chi connectivity index (χ2v) is 14.3. The molecule has 3 aromatic rings. The van der Waals surface area contributed by atoms with E-state index in [0.717, 1.165) is 43.1 Å². The van der Waals surface area contributed by atoms with E-state index in [1.165, 1.54) is 49.6 Å². The molecule has 1 saturated carbocycles. The van der Waals surface area contributed by atoms with E-state index in [1.807, 2.05) is 36.6 Å². The molecule has 2 aromatic carbocycles. The number of sulfone groups is 1. The zero-order valence-electron chi connectivity index (χ0n) is 23.3. The van der Waals surface area contributed by atoms with Crippen LogP contribution in [0.5, 0.6) is 0 Å². The second-order valence-electron chi connectivity index (χ2n) is 12.0. The molecule has 1 amide bonds. The van der Waals surface area contributed by atoms with Gasteiger partial charge in [-0.3, -0.25) is 4.79 Å². The first-order chi connectivity index (χ1) is 19.4. The number of benzene rings is 2. The minimum Gasteiger partial charge on any atom is -0.464 e. The number of nitrogens with zero attached hydrogens (tertiary/aromatic N) is 2. The first kappa shape index (κ1) is 27.3. The Kier molecular flexibility index (Phi) is 8.17. The molecule has 6 rings (SSSR count). The lowest BCUT2D eigenvalue weighted by atomic mass is 9.83. The van der Waals surface area contributed by atoms with Gasteiger partial charge in [0.05, 0.1) is 17.8 Å². The molecule has 214 valence electrons. The summed E-state index contributed by atoms with van der Waals surface area (Å²) in [5.41, 5.74) is 4.03. The monoisotopic (exact) mass is 563 g/mol. The summed E-state index contributed by atoms with van der Waals surface area (Å²) in [6.07, 6.45) is 10.1. The molecule has 3 fully saturated rings. The second kappa shape index (κ2) is 12.0. The van der Waals surface area contributed by atoms with Gasteiger partial charge in [-0.1, -0.05) is 18.2 Å². The molecule has 1 aromatic heterocycles. The third kappa shape index (κ3) is 6.39. The van der Waals surface area contributed by atoms with Crippen molar-refractivity contribution >= 4 is 32.4 Å². The fourth-order valence-corrected chi connectivity index (χ4v) is 8.01. The fraction of sp³-hybridized carbons (Fsp3) is 0.531. The van der Waals surface area contributed by atoms with E-state index in [-0.39, 0.29) is 23.5 Å². The number of carbonyl (C=O) groups excluding carboxylic acids is 1. The Bertz CT molecular complexity index is 1390. The molecule has 2 saturated heterocycles. The van der Waals surface area contributed by atoms with Crippen molar-refractivity contribution in [2.24, 2.45) is 5.92 Å². The third-order valence-corrected chi connectivity index (χ3v) is 11.0. The summed E-state index contributed by atoms with van der Waals surface area (Å²) in [5.74, 6) is 1.72. The van der Waals surface area contributed by atoms with Crippen LogP contribution in [0.25, 0.3) is 11.0 Å². The normalized spacial score (nSPS) is 24.2. The molecular weight excluding hydrogens is 522 g/mol. The van der Waals surface area contributed by atoms with Crippen LogP contribution in [0.3, 0.4) is 0 Å². The molecule has 0 bridgehead atoms. The Morgan fingerprint density at radius 3 is 2.30 bits per heavy atom. The lowest BCUT2D eigenvalue weighted by molar-refractivity contribution is 0.0919. The number of rotatable bonds is 7. The number of nitrogens with one attached hydrogen (secondary N) is 1. The number of fused-ring (bicyclic) bond motifs is 1. The average molecular weight is 564 g/mol. The smallest absolute Gasteiger partial charge is 0.251 e. The lowest BCUT2D eigenvalue weighted by Crippen LogP contribution is -2.40. The highest BCUT2D eigenvalue weighted by Gasteiger charge is 2.27. The minimum absolute atomic E-state index is 0.00973. The van der Waals surface area contributed by atoms with Crippen molar-refractivity contribution in [3.05, 3.63) is 65.9 Å². The Morgan fingerprint density at radius 1 is 0.875 bits per heavy atom. The molecule has 1 aliphatic carbocycles. The topological polar surface area (TPSA) is 82.9 Å². The fourth-order valence-electron chi connectivity index (χ4n) is 6.81. The predicted octanol–water partition coefficient (Wildman–Crippen LogP) is 5.23. The molecule has 0 spiro atoms. The Hall–Kier alpha value is -2.84. The summed E-state index contributed by atoms with van der Waals surface area (Å²) in [6, 6.07) is 16.2. The third-order valence-electron chi connectivity index (χ3n) is 9.41. The van der Waals surface area contributed by atoms with E-state index < -0.39 is 9.84 Å². The maximum Gasteiger partial charge on any atom is 0.251 e. The number of piperidine rings is 1. The molecule has 3 aliphatic rings. The largest absolute Gasteiger partial charge is 0.464 e. The molecule has 7 nitrogen and oxygen atoms in total. The van der Waals surface area contributed by atoms with Crippen LogP contribution in [0, 0.1) is 5.92 Å². The van der Waals surface area contributed by atoms with E-state index in [9.17, 15) is 13.2 Å². The van der Waals surface area contributed by atoms with E-state index in [2.05, 4.69) is 33.3 Å². The van der Waals surface area contributed by atoms with Gasteiger partial charge in [0, 0.05) is 41.3 Å². The van der Waals surface area contributed by atoms with Gasteiger partial charge in [-0.05, 0) is 107 Å². The highest BCUT2D eigenvalue weighted by Crippen LogP contribution is 2.35. The van der Waals surface area contributed by atoms with Crippen molar-refractivity contribution in [2.75, 3.05) is 49.1 Å². The first-order valence-corrected chi connectivity index (χ1v) is 16.8. The molecular formula is C32H41N3O4S. The van der Waals surface area contributed by atoms with Crippen LogP contribution in [-0.2, 0) is 9.84 Å². The van der Waals surface area contributed by atoms with E-state index >= 15 is 0 Å². The van der Waals surface area contributed by atoms with Crippen LogP contribution in [0.15, 0.2) is 59.2 Å². The zero-order valence-corrected chi connectivity index (χ0v) is 24.1. The van der Waals surface area contributed by atoms with Gasteiger partial charge in [0.1, 0.15) is 5.58 Å². The first-order valence-electron chi connectivity index (χ1n) is 15.0. The molecule has 1 N–H and O–H groups in total. The van der Waals surface area contributed by atoms with Crippen LogP contribution < -0.4 is 10.2 Å². The van der Waals surface area contributed by atoms with Crippen molar-refractivity contribution in [3.8, 4) is 0 Å². The van der Waals surface area contributed by atoms with E-state index in [4.69, 9.17) is 4.42 Å². The number of para-hydroxylation sites is 1. The lowest BCUT2D eigenvalue weighted by Gasteiger charge is -2.34. The maximum atomic E-state index is 12.9. The van der Waals surface area contributed by atoms with Crippen molar-refractivity contribution in [3.63, 3.8) is 0 Å². The van der Waals surface area contributed by atoms with Gasteiger partial charge < -0.3 is 19.5 Å². The van der Waals surface area contributed by atoms with Crippen LogP contribution in [-0.4, -0.2) is 69.5 Å². The van der Waals surface area contributed by atoms with Crippen molar-refractivity contribution in [1.29, 1.82) is 0 Å². The van der Waals surface area contributed by atoms with Crippen molar-refractivity contribution in [1.82, 2.24) is 10.2 Å². The van der Waals surface area contributed by atoms with Crippen LogP contribution in [0.1, 0.15) is 66.8 Å². The predicted molar refractivity (Wildman–Crippen MR) is 160 cm³/mol. The highest BCUT2D eigenvalue weighted by molar-refractivity contribution is 7.91. The highest BCUT2D eigenvalue weighted by atomic mass is 32.2. The zero-order chi connectivity index (χ0) is 27.5. The van der Waals surface area contributed by atoms with E-state index in [0.29, 0.717) is 24.6 Å². The summed E-state index contributed by atoms with van der Waals surface area (Å²) < 4.78 is 29.2. The summed E-state index contributed by atoms with van der Waals surface area (Å²) in [7, 11) is -2.90. The molecule has 0 unspecified atom stereocenters.